The highest BCUT2D eigenvalue weighted by Crippen LogP contribution is 2.36. The van der Waals surface area contributed by atoms with Crippen molar-refractivity contribution in [1.29, 1.82) is 0 Å². The maximum Gasteiger partial charge on any atom is 0.433 e. The molecule has 11 heteroatoms. The lowest BCUT2D eigenvalue weighted by Gasteiger charge is -2.14. The van der Waals surface area contributed by atoms with E-state index in [-0.39, 0.29) is 21.4 Å². The summed E-state index contributed by atoms with van der Waals surface area (Å²) in [7, 11) is 1.00. The zero-order valence-electron chi connectivity index (χ0n) is 12.4. The van der Waals surface area contributed by atoms with Gasteiger partial charge in [-0.25, -0.2) is 8.78 Å². The maximum absolute atomic E-state index is 12.8. The van der Waals surface area contributed by atoms with Crippen molar-refractivity contribution in [3.8, 4) is 17.0 Å². The lowest BCUT2D eigenvalue weighted by Crippen LogP contribution is -2.22. The SMILES string of the molecule is Cn1nc(-c2cc(OCC(F)F)c(Cl)cc2Cl)c(=O)cc1C(F)(F)F. The van der Waals surface area contributed by atoms with Crippen molar-refractivity contribution in [3.05, 3.63) is 44.2 Å². The van der Waals surface area contributed by atoms with Crippen LogP contribution in [0.15, 0.2) is 23.0 Å². The summed E-state index contributed by atoms with van der Waals surface area (Å²) in [5.41, 5.74) is -2.79. The van der Waals surface area contributed by atoms with Gasteiger partial charge in [0.05, 0.1) is 10.0 Å². The fourth-order valence-corrected chi connectivity index (χ4v) is 2.49. The second-order valence-electron chi connectivity index (χ2n) is 4.83. The first kappa shape index (κ1) is 19.5. The third-order valence-corrected chi connectivity index (χ3v) is 3.64. The molecule has 1 aromatic heterocycles. The Morgan fingerprint density at radius 2 is 1.84 bits per heavy atom. The van der Waals surface area contributed by atoms with Crippen molar-refractivity contribution >= 4 is 23.2 Å². The number of nitrogens with zero attached hydrogens (tertiary/aromatic N) is 2. The largest absolute Gasteiger partial charge is 0.486 e. The smallest absolute Gasteiger partial charge is 0.433 e. The number of alkyl halides is 5. The summed E-state index contributed by atoms with van der Waals surface area (Å²) < 4.78 is 68.2. The highest BCUT2D eigenvalue weighted by Gasteiger charge is 2.34. The summed E-state index contributed by atoms with van der Waals surface area (Å²) in [5.74, 6) is -0.204. The lowest BCUT2D eigenvalue weighted by molar-refractivity contribution is -0.144. The first-order valence-electron chi connectivity index (χ1n) is 6.56. The van der Waals surface area contributed by atoms with E-state index in [0.717, 1.165) is 19.2 Å². The Kier molecular flexibility index (Phi) is 5.58. The van der Waals surface area contributed by atoms with Gasteiger partial charge in [-0.1, -0.05) is 23.2 Å². The number of aryl methyl sites for hydroxylation is 1. The fraction of sp³-hybridized carbons (Fsp3) is 0.286. The van der Waals surface area contributed by atoms with E-state index >= 15 is 0 Å². The molecule has 1 aromatic carbocycles. The molecule has 0 saturated heterocycles. The van der Waals surface area contributed by atoms with Crippen LogP contribution in [0.4, 0.5) is 22.0 Å². The summed E-state index contributed by atoms with van der Waals surface area (Å²) in [4.78, 5) is 12.0. The lowest BCUT2D eigenvalue weighted by atomic mass is 10.1. The molecule has 0 aliphatic heterocycles. The van der Waals surface area contributed by atoms with Crippen molar-refractivity contribution in [2.45, 2.75) is 12.6 Å². The second kappa shape index (κ2) is 7.17. The molecule has 4 nitrogen and oxygen atoms in total. The molecule has 0 saturated carbocycles. The summed E-state index contributed by atoms with van der Waals surface area (Å²) in [6.07, 6.45) is -7.54. The molecular formula is C14H9Cl2F5N2O2. The molecule has 0 fully saturated rings. The minimum absolute atomic E-state index is 0.0929. The van der Waals surface area contributed by atoms with E-state index in [1.54, 1.807) is 0 Å². The normalized spacial score (nSPS) is 11.9. The molecule has 0 aliphatic carbocycles. The fourth-order valence-electron chi connectivity index (χ4n) is 1.96. The molecule has 0 radical (unpaired) electrons. The van der Waals surface area contributed by atoms with Crippen molar-refractivity contribution in [2.75, 3.05) is 6.61 Å². The van der Waals surface area contributed by atoms with Gasteiger partial charge >= 0.3 is 6.18 Å². The summed E-state index contributed by atoms with van der Waals surface area (Å²) in [6.45, 7) is -0.959. The Bertz CT molecular complexity index is 852. The van der Waals surface area contributed by atoms with Gasteiger partial charge in [-0.15, -0.1) is 0 Å². The Hall–Kier alpha value is -1.87. The minimum Gasteiger partial charge on any atom is -0.486 e. The standard InChI is InChI=1S/C14H9Cl2F5N2O2/c1-23-11(14(19,20)21)4-9(24)13(22-23)6-2-10(25-5-12(17)18)8(16)3-7(6)15/h2-4,12H,5H2,1H3. The number of rotatable bonds is 4. The molecule has 2 aromatic rings. The number of aromatic nitrogens is 2. The van der Waals surface area contributed by atoms with E-state index in [2.05, 4.69) is 5.10 Å². The van der Waals surface area contributed by atoms with Gasteiger partial charge in [0.15, 0.2) is 0 Å². The van der Waals surface area contributed by atoms with Gasteiger partial charge in [-0.2, -0.15) is 18.3 Å². The molecule has 0 N–H and O–H groups in total. The van der Waals surface area contributed by atoms with E-state index in [4.69, 9.17) is 27.9 Å². The summed E-state index contributed by atoms with van der Waals surface area (Å²) in [6, 6.07) is 2.56. The molecule has 0 bridgehead atoms. The predicted octanol–water partition coefficient (Wildman–Crippen LogP) is 4.42. The second-order valence-corrected chi connectivity index (χ2v) is 5.64. The molecule has 2 rings (SSSR count). The zero-order chi connectivity index (χ0) is 18.9. The monoisotopic (exact) mass is 402 g/mol. The third kappa shape index (κ3) is 4.40. The Morgan fingerprint density at radius 3 is 2.40 bits per heavy atom. The van der Waals surface area contributed by atoms with Crippen LogP contribution < -0.4 is 10.2 Å². The van der Waals surface area contributed by atoms with Gasteiger partial charge in [-0.3, -0.25) is 9.48 Å². The van der Waals surface area contributed by atoms with E-state index < -0.39 is 36.0 Å². The van der Waals surface area contributed by atoms with E-state index in [0.29, 0.717) is 10.7 Å². The van der Waals surface area contributed by atoms with Crippen molar-refractivity contribution in [2.24, 2.45) is 7.05 Å². The van der Waals surface area contributed by atoms with Gasteiger partial charge in [-0.05, 0) is 12.1 Å². The number of ether oxygens (including phenoxy) is 1. The van der Waals surface area contributed by atoms with Gasteiger partial charge < -0.3 is 4.74 Å². The molecule has 0 atom stereocenters. The summed E-state index contributed by atoms with van der Waals surface area (Å²) >= 11 is 11.8. The minimum atomic E-state index is -4.77. The van der Waals surface area contributed by atoms with Crippen LogP contribution >= 0.6 is 23.2 Å². The average Bonchev–Trinajstić information content (AvgIpc) is 2.47. The van der Waals surface area contributed by atoms with E-state index in [9.17, 15) is 26.7 Å². The zero-order valence-corrected chi connectivity index (χ0v) is 13.9. The molecule has 1 heterocycles. The van der Waals surface area contributed by atoms with Crippen LogP contribution in [0.25, 0.3) is 11.3 Å². The van der Waals surface area contributed by atoms with Gasteiger partial charge in [0.25, 0.3) is 6.43 Å². The Morgan fingerprint density at radius 1 is 1.20 bits per heavy atom. The molecule has 0 amide bonds. The first-order valence-corrected chi connectivity index (χ1v) is 7.32. The number of hydrogen-bond donors (Lipinski definition) is 0. The van der Waals surface area contributed by atoms with Crippen LogP contribution in [0.3, 0.4) is 0 Å². The van der Waals surface area contributed by atoms with Gasteiger partial charge in [0, 0.05) is 18.7 Å². The molecule has 25 heavy (non-hydrogen) atoms. The van der Waals surface area contributed by atoms with E-state index in [1.807, 2.05) is 0 Å². The van der Waals surface area contributed by atoms with Crippen molar-refractivity contribution in [1.82, 2.24) is 9.78 Å². The van der Waals surface area contributed by atoms with Crippen LogP contribution in [0.1, 0.15) is 5.69 Å². The topological polar surface area (TPSA) is 44.1 Å². The third-order valence-electron chi connectivity index (χ3n) is 3.03. The van der Waals surface area contributed by atoms with Crippen LogP contribution in [0.2, 0.25) is 10.0 Å². The van der Waals surface area contributed by atoms with Crippen LogP contribution in [0.5, 0.6) is 5.75 Å². The van der Waals surface area contributed by atoms with Crippen molar-refractivity contribution < 1.29 is 26.7 Å². The van der Waals surface area contributed by atoms with E-state index in [1.165, 1.54) is 0 Å². The summed E-state index contributed by atoms with van der Waals surface area (Å²) in [5, 5.41) is 3.39. The number of halogens is 7. The Labute approximate surface area is 147 Å². The van der Waals surface area contributed by atoms with Crippen molar-refractivity contribution in [3.63, 3.8) is 0 Å². The molecule has 0 unspecified atom stereocenters. The predicted molar refractivity (Wildman–Crippen MR) is 81.4 cm³/mol. The average molecular weight is 403 g/mol. The molecule has 0 spiro atoms. The van der Waals surface area contributed by atoms with Gasteiger partial charge in [0.2, 0.25) is 5.43 Å². The number of hydrogen-bond acceptors (Lipinski definition) is 3. The molecular weight excluding hydrogens is 394 g/mol. The van der Waals surface area contributed by atoms with Crippen LogP contribution in [-0.2, 0) is 13.2 Å². The van der Waals surface area contributed by atoms with Crippen LogP contribution in [0, 0.1) is 0 Å². The maximum atomic E-state index is 12.8. The molecule has 0 aliphatic rings. The quantitative estimate of drug-likeness (QED) is 0.711. The number of benzene rings is 1. The highest BCUT2D eigenvalue weighted by molar-refractivity contribution is 6.37. The van der Waals surface area contributed by atoms with Crippen LogP contribution in [-0.4, -0.2) is 22.8 Å². The van der Waals surface area contributed by atoms with Gasteiger partial charge in [0.1, 0.15) is 23.7 Å². The first-order chi connectivity index (χ1) is 11.5. The highest BCUT2D eigenvalue weighted by atomic mass is 35.5. The molecule has 136 valence electrons. The Balaban J connectivity index is 2.57.